The molecule has 0 atom stereocenters. The van der Waals surface area contributed by atoms with Crippen molar-refractivity contribution >= 4 is 29.0 Å². The first-order valence-corrected chi connectivity index (χ1v) is 7.71. The summed E-state index contributed by atoms with van der Waals surface area (Å²) in [5, 5.41) is 11.3. The molecule has 0 spiro atoms. The number of benzene rings is 1. The molecule has 0 aliphatic heterocycles. The van der Waals surface area contributed by atoms with E-state index >= 15 is 0 Å². The lowest BCUT2D eigenvalue weighted by Crippen LogP contribution is -2.23. The van der Waals surface area contributed by atoms with Gasteiger partial charge in [-0.05, 0) is 30.4 Å². The van der Waals surface area contributed by atoms with Crippen LogP contribution in [0.1, 0.15) is 15.9 Å². The van der Waals surface area contributed by atoms with Crippen LogP contribution in [0.2, 0.25) is 0 Å². The third kappa shape index (κ3) is 4.93. The third-order valence-corrected chi connectivity index (χ3v) is 3.57. The number of allylic oxidation sites excluding steroid dienone is 2. The highest BCUT2D eigenvalue weighted by atomic mass is 19.4. The summed E-state index contributed by atoms with van der Waals surface area (Å²) in [4.78, 5) is 31.2. The van der Waals surface area contributed by atoms with Gasteiger partial charge < -0.3 is 15.0 Å². The number of nitrogens with zero attached hydrogens (tertiary/aromatic N) is 3. The first kappa shape index (κ1) is 20.6. The van der Waals surface area contributed by atoms with Gasteiger partial charge in [0.1, 0.15) is 5.71 Å². The lowest BCUT2D eigenvalue weighted by Gasteiger charge is -2.12. The molecule has 1 aromatic heterocycles. The van der Waals surface area contributed by atoms with Gasteiger partial charge in [0, 0.05) is 25.1 Å². The Kier molecular flexibility index (Phi) is 6.14. The van der Waals surface area contributed by atoms with Crippen molar-refractivity contribution in [3.63, 3.8) is 0 Å². The lowest BCUT2D eigenvalue weighted by atomic mass is 10.1. The number of carbonyl (C=O) groups is 2. The number of aromatic carboxylic acids is 1. The van der Waals surface area contributed by atoms with Crippen LogP contribution < -0.4 is 5.32 Å². The molecule has 1 aromatic carbocycles. The first-order valence-electron chi connectivity index (χ1n) is 7.71. The number of hydrogen-bond acceptors (Lipinski definition) is 4. The summed E-state index contributed by atoms with van der Waals surface area (Å²) in [6, 6.07) is 1.96. The van der Waals surface area contributed by atoms with Gasteiger partial charge in [0.2, 0.25) is 0 Å². The smallest absolute Gasteiger partial charge is 0.416 e. The quantitative estimate of drug-likeness (QED) is 0.582. The highest BCUT2D eigenvalue weighted by Gasteiger charge is 2.32. The predicted octanol–water partition coefficient (Wildman–Crippen LogP) is 3.34. The number of hydrogen-bond donors (Lipinski definition) is 2. The normalized spacial score (nSPS) is 12.2. The molecular formula is C18H15F3N4O3. The molecular weight excluding hydrogens is 377 g/mol. The van der Waals surface area contributed by atoms with E-state index in [1.54, 1.807) is 10.8 Å². The predicted molar refractivity (Wildman–Crippen MR) is 97.1 cm³/mol. The average Bonchev–Trinajstić information content (AvgIpc) is 3.15. The summed E-state index contributed by atoms with van der Waals surface area (Å²) in [5.74, 6) is -2.36. The molecule has 10 heteroatoms. The minimum absolute atomic E-state index is 0.144. The Hall–Kier alpha value is -3.69. The van der Waals surface area contributed by atoms with E-state index in [2.05, 4.69) is 21.9 Å². The van der Waals surface area contributed by atoms with Crippen LogP contribution in [0.15, 0.2) is 60.6 Å². The molecule has 2 aromatic rings. The Morgan fingerprint density at radius 3 is 2.57 bits per heavy atom. The number of carbonyl (C=O) groups excluding carboxylic acids is 1. The van der Waals surface area contributed by atoms with E-state index < -0.39 is 34.9 Å². The molecule has 1 heterocycles. The van der Waals surface area contributed by atoms with Gasteiger partial charge in [0.25, 0.3) is 5.91 Å². The first-order chi connectivity index (χ1) is 13.1. The van der Waals surface area contributed by atoms with Gasteiger partial charge in [-0.25, -0.2) is 9.78 Å². The molecule has 2 rings (SSSR count). The van der Waals surface area contributed by atoms with Crippen molar-refractivity contribution in [3.8, 4) is 0 Å². The van der Waals surface area contributed by atoms with Gasteiger partial charge >= 0.3 is 12.1 Å². The number of aromatic nitrogens is 2. The molecule has 0 unspecified atom stereocenters. The Labute approximate surface area is 157 Å². The van der Waals surface area contributed by atoms with Crippen LogP contribution in [-0.4, -0.2) is 39.3 Å². The van der Waals surface area contributed by atoms with E-state index in [1.807, 2.05) is 0 Å². The summed E-state index contributed by atoms with van der Waals surface area (Å²) >= 11 is 0. The second-order valence-corrected chi connectivity index (χ2v) is 5.42. The largest absolute Gasteiger partial charge is 0.478 e. The van der Waals surface area contributed by atoms with Crippen molar-refractivity contribution in [3.05, 3.63) is 66.8 Å². The molecule has 0 bridgehead atoms. The van der Waals surface area contributed by atoms with Crippen LogP contribution in [0.5, 0.6) is 0 Å². The fraction of sp³-hybridized carbons (Fsp3) is 0.111. The van der Waals surface area contributed by atoms with E-state index in [0.29, 0.717) is 17.8 Å². The Bertz CT molecular complexity index is 961. The molecule has 0 saturated heterocycles. The molecule has 28 heavy (non-hydrogen) atoms. The Morgan fingerprint density at radius 2 is 2.04 bits per heavy atom. The SMILES string of the molecule is C=C(/C=C\C(=NC)C(=O)Nc1cc(C(F)(F)F)ccc1C(=O)O)n1ccnc1. The summed E-state index contributed by atoms with van der Waals surface area (Å²) in [7, 11) is 1.31. The summed E-state index contributed by atoms with van der Waals surface area (Å²) < 4.78 is 40.3. The molecule has 146 valence electrons. The number of alkyl halides is 3. The molecule has 2 N–H and O–H groups in total. The Balaban J connectivity index is 2.26. The second-order valence-electron chi connectivity index (χ2n) is 5.42. The van der Waals surface area contributed by atoms with Crippen LogP contribution in [0.3, 0.4) is 0 Å². The van der Waals surface area contributed by atoms with Crippen molar-refractivity contribution in [2.75, 3.05) is 12.4 Å². The fourth-order valence-electron chi connectivity index (χ4n) is 2.14. The zero-order chi connectivity index (χ0) is 20.9. The second kappa shape index (κ2) is 8.33. The van der Waals surface area contributed by atoms with Gasteiger partial charge in [0.05, 0.1) is 23.1 Å². The minimum atomic E-state index is -4.69. The van der Waals surface area contributed by atoms with Crippen LogP contribution in [0.4, 0.5) is 18.9 Å². The molecule has 1 amide bonds. The zero-order valence-corrected chi connectivity index (χ0v) is 14.6. The average molecular weight is 392 g/mol. The number of imidazole rings is 1. The molecule has 0 radical (unpaired) electrons. The highest BCUT2D eigenvalue weighted by Crippen LogP contribution is 2.32. The van der Waals surface area contributed by atoms with Crippen LogP contribution in [-0.2, 0) is 11.0 Å². The maximum atomic E-state index is 12.9. The molecule has 0 aliphatic rings. The Morgan fingerprint density at radius 1 is 1.32 bits per heavy atom. The summed E-state index contributed by atoms with van der Waals surface area (Å²) in [5.41, 5.74) is -1.75. The van der Waals surface area contributed by atoms with Crippen molar-refractivity contribution in [1.29, 1.82) is 0 Å². The van der Waals surface area contributed by atoms with Gasteiger partial charge in [-0.15, -0.1) is 0 Å². The molecule has 0 fully saturated rings. The lowest BCUT2D eigenvalue weighted by molar-refractivity contribution is -0.137. The minimum Gasteiger partial charge on any atom is -0.478 e. The van der Waals surface area contributed by atoms with Crippen molar-refractivity contribution in [2.45, 2.75) is 6.18 Å². The van der Waals surface area contributed by atoms with E-state index in [-0.39, 0.29) is 5.71 Å². The molecule has 0 saturated carbocycles. The van der Waals surface area contributed by atoms with Crippen molar-refractivity contribution in [1.82, 2.24) is 9.55 Å². The van der Waals surface area contributed by atoms with Crippen LogP contribution in [0.25, 0.3) is 5.70 Å². The maximum absolute atomic E-state index is 12.9. The van der Waals surface area contributed by atoms with E-state index in [1.165, 1.54) is 31.7 Å². The third-order valence-electron chi connectivity index (χ3n) is 3.57. The maximum Gasteiger partial charge on any atom is 0.416 e. The summed E-state index contributed by atoms with van der Waals surface area (Å²) in [6.45, 7) is 3.77. The number of halogens is 3. The van der Waals surface area contributed by atoms with Gasteiger partial charge in [-0.2, -0.15) is 13.2 Å². The van der Waals surface area contributed by atoms with E-state index in [4.69, 9.17) is 5.11 Å². The fourth-order valence-corrected chi connectivity index (χ4v) is 2.14. The van der Waals surface area contributed by atoms with Crippen LogP contribution >= 0.6 is 0 Å². The van der Waals surface area contributed by atoms with E-state index in [9.17, 15) is 22.8 Å². The van der Waals surface area contributed by atoms with Gasteiger partial charge in [-0.1, -0.05) is 6.58 Å². The van der Waals surface area contributed by atoms with Gasteiger partial charge in [0.15, 0.2) is 0 Å². The topological polar surface area (TPSA) is 96.6 Å². The number of carboxylic acid groups (broad SMARTS) is 1. The highest BCUT2D eigenvalue weighted by molar-refractivity contribution is 6.47. The molecule has 0 aliphatic carbocycles. The number of nitrogens with one attached hydrogen (secondary N) is 1. The standard InChI is InChI=1S/C18H15F3N4O3/c1-11(25-8-7-23-10-25)3-6-14(22-2)16(26)24-15-9-12(18(19,20)21)4-5-13(15)17(27)28/h3-10H,1H2,2H3,(H,24,26)(H,27,28)/b6-3-,22-14?. The number of aliphatic imine (C=N–C) groups is 1. The number of carboxylic acids is 1. The van der Waals surface area contributed by atoms with Gasteiger partial charge in [-0.3, -0.25) is 9.79 Å². The zero-order valence-electron chi connectivity index (χ0n) is 14.6. The summed E-state index contributed by atoms with van der Waals surface area (Å²) in [6.07, 6.45) is 2.69. The monoisotopic (exact) mass is 392 g/mol. The van der Waals surface area contributed by atoms with Crippen molar-refractivity contribution < 1.29 is 27.9 Å². The number of rotatable bonds is 6. The number of amides is 1. The van der Waals surface area contributed by atoms with E-state index in [0.717, 1.165) is 6.07 Å². The van der Waals surface area contributed by atoms with Crippen LogP contribution in [0, 0.1) is 0 Å². The molecule has 7 nitrogen and oxygen atoms in total. The number of anilines is 1. The van der Waals surface area contributed by atoms with Crippen molar-refractivity contribution in [2.24, 2.45) is 4.99 Å².